The van der Waals surface area contributed by atoms with Gasteiger partial charge in [0.05, 0.1) is 23.3 Å². The molecule has 0 spiro atoms. The lowest BCUT2D eigenvalue weighted by Crippen LogP contribution is -2.12. The van der Waals surface area contributed by atoms with Gasteiger partial charge in [0, 0.05) is 11.5 Å². The molecule has 0 radical (unpaired) electrons. The van der Waals surface area contributed by atoms with Crippen LogP contribution >= 0.6 is 24.0 Å². The van der Waals surface area contributed by atoms with Crippen molar-refractivity contribution in [3.05, 3.63) is 57.7 Å². The molecule has 1 heterocycles. The lowest BCUT2D eigenvalue weighted by atomic mass is 10.2. The molecule has 2 N–H and O–H groups in total. The summed E-state index contributed by atoms with van der Waals surface area (Å²) in [6, 6.07) is 9.14. The summed E-state index contributed by atoms with van der Waals surface area (Å²) in [5.41, 5.74) is 0.514. The summed E-state index contributed by atoms with van der Waals surface area (Å²) in [7, 11) is 1.54. The summed E-state index contributed by atoms with van der Waals surface area (Å²) in [6.45, 7) is 0. The van der Waals surface area contributed by atoms with Gasteiger partial charge in [-0.05, 0) is 30.3 Å². The predicted molar refractivity (Wildman–Crippen MR) is 90.9 cm³/mol. The van der Waals surface area contributed by atoms with Crippen LogP contribution in [-0.2, 0) is 0 Å². The fraction of sp³-hybridized carbons (Fsp3) is 0.0667. The second-order valence-electron chi connectivity index (χ2n) is 4.55. The van der Waals surface area contributed by atoms with E-state index in [-0.39, 0.29) is 17.4 Å². The van der Waals surface area contributed by atoms with E-state index in [1.54, 1.807) is 18.2 Å². The van der Waals surface area contributed by atoms with Crippen molar-refractivity contribution in [2.75, 3.05) is 12.4 Å². The van der Waals surface area contributed by atoms with Crippen molar-refractivity contribution in [2.24, 2.45) is 0 Å². The van der Waals surface area contributed by atoms with Gasteiger partial charge in [-0.15, -0.1) is 12.4 Å². The Balaban J connectivity index is 0.00000192. The van der Waals surface area contributed by atoms with E-state index in [4.69, 9.17) is 16.3 Å². The number of methoxy groups -OCH3 is 1. The van der Waals surface area contributed by atoms with E-state index >= 15 is 0 Å². The van der Waals surface area contributed by atoms with Crippen molar-refractivity contribution in [2.45, 2.75) is 0 Å². The van der Waals surface area contributed by atoms with Crippen molar-refractivity contribution in [1.82, 2.24) is 9.97 Å². The Labute approximate surface area is 141 Å². The molecule has 1 aromatic heterocycles. The largest absolute Gasteiger partial charge is 0.497 e. The van der Waals surface area contributed by atoms with Crippen LogP contribution in [-0.4, -0.2) is 17.1 Å². The van der Waals surface area contributed by atoms with Crippen molar-refractivity contribution < 1.29 is 9.13 Å². The first-order chi connectivity index (χ1) is 10.6. The smallest absolute Gasteiger partial charge is 0.347 e. The molecule has 3 aromatic rings. The highest BCUT2D eigenvalue weighted by Crippen LogP contribution is 2.29. The number of benzene rings is 2. The topological polar surface area (TPSA) is 67.0 Å². The molecule has 0 aliphatic rings. The van der Waals surface area contributed by atoms with E-state index in [9.17, 15) is 9.18 Å². The maximum atomic E-state index is 13.1. The molecule has 3 rings (SSSR count). The number of hydrogen-bond acceptors (Lipinski definition) is 4. The summed E-state index contributed by atoms with van der Waals surface area (Å²) in [5, 5.41) is 3.83. The van der Waals surface area contributed by atoms with Gasteiger partial charge in [-0.1, -0.05) is 11.6 Å². The Kier molecular flexibility index (Phi) is 5.08. The molecule has 23 heavy (non-hydrogen) atoms. The standard InChI is InChI=1S/C15H11ClFN3O2.ClH/c1-22-9-3-4-10-13(7-9)19-15(21)20-14(10)18-12-5-2-8(17)6-11(12)16;/h2-7H,1H3,(H2,18,19,20,21);1H. The minimum absolute atomic E-state index is 0. The lowest BCUT2D eigenvalue weighted by molar-refractivity contribution is 0.415. The summed E-state index contributed by atoms with van der Waals surface area (Å²) in [5.74, 6) is 0.499. The minimum atomic E-state index is -0.513. The number of nitrogens with zero attached hydrogens (tertiary/aromatic N) is 1. The van der Waals surface area contributed by atoms with Crippen molar-refractivity contribution in [3.8, 4) is 5.75 Å². The Morgan fingerprint density at radius 3 is 2.74 bits per heavy atom. The number of fused-ring (bicyclic) bond motifs is 1. The first kappa shape index (κ1) is 17.1. The molecule has 120 valence electrons. The fourth-order valence-electron chi connectivity index (χ4n) is 2.08. The SMILES string of the molecule is COc1ccc2c(Nc3ccc(F)cc3Cl)nc(=O)[nH]c2c1.Cl. The second-order valence-corrected chi connectivity index (χ2v) is 4.96. The van der Waals surface area contributed by atoms with Crippen LogP contribution in [0.25, 0.3) is 10.9 Å². The van der Waals surface area contributed by atoms with Crippen LogP contribution in [0.3, 0.4) is 0 Å². The normalized spacial score (nSPS) is 10.2. The van der Waals surface area contributed by atoms with Crippen LogP contribution in [0.15, 0.2) is 41.2 Å². The zero-order chi connectivity index (χ0) is 15.7. The number of halogens is 3. The molecule has 0 saturated heterocycles. The zero-order valence-electron chi connectivity index (χ0n) is 11.9. The molecule has 0 aliphatic heterocycles. The van der Waals surface area contributed by atoms with E-state index in [0.29, 0.717) is 28.2 Å². The molecule has 0 fully saturated rings. The van der Waals surface area contributed by atoms with E-state index in [1.165, 1.54) is 25.3 Å². The highest BCUT2D eigenvalue weighted by molar-refractivity contribution is 6.33. The molecule has 0 aliphatic carbocycles. The van der Waals surface area contributed by atoms with E-state index in [0.717, 1.165) is 0 Å². The van der Waals surface area contributed by atoms with Gasteiger partial charge in [-0.25, -0.2) is 9.18 Å². The van der Waals surface area contributed by atoms with Gasteiger partial charge in [0.25, 0.3) is 0 Å². The fourth-order valence-corrected chi connectivity index (χ4v) is 2.29. The Bertz CT molecular complexity index is 915. The first-order valence-corrected chi connectivity index (χ1v) is 6.75. The van der Waals surface area contributed by atoms with Crippen LogP contribution < -0.4 is 15.7 Å². The van der Waals surface area contributed by atoms with Crippen molar-refractivity contribution >= 4 is 46.4 Å². The van der Waals surface area contributed by atoms with Gasteiger partial charge in [-0.2, -0.15) is 4.98 Å². The summed E-state index contributed by atoms with van der Waals surface area (Å²) in [6.07, 6.45) is 0. The third-order valence-electron chi connectivity index (χ3n) is 3.12. The maximum Gasteiger partial charge on any atom is 0.347 e. The van der Waals surface area contributed by atoms with Gasteiger partial charge < -0.3 is 15.0 Å². The predicted octanol–water partition coefficient (Wildman–Crippen LogP) is 3.89. The van der Waals surface area contributed by atoms with Gasteiger partial charge in [0.15, 0.2) is 0 Å². The van der Waals surface area contributed by atoms with Crippen LogP contribution in [0.5, 0.6) is 5.75 Å². The number of aromatic amines is 1. The second kappa shape index (κ2) is 6.85. The van der Waals surface area contributed by atoms with E-state index in [1.807, 2.05) is 0 Å². The third kappa shape index (κ3) is 3.55. The van der Waals surface area contributed by atoms with Crippen molar-refractivity contribution in [3.63, 3.8) is 0 Å². The van der Waals surface area contributed by atoms with Crippen LogP contribution in [0.4, 0.5) is 15.9 Å². The quantitative estimate of drug-likeness (QED) is 0.747. The van der Waals surface area contributed by atoms with E-state index < -0.39 is 11.5 Å². The Morgan fingerprint density at radius 1 is 1.26 bits per heavy atom. The molecular weight excluding hydrogens is 344 g/mol. The summed E-state index contributed by atoms with van der Waals surface area (Å²) < 4.78 is 18.2. The van der Waals surface area contributed by atoms with Crippen LogP contribution in [0, 0.1) is 5.82 Å². The number of hydrogen-bond donors (Lipinski definition) is 2. The van der Waals surface area contributed by atoms with Gasteiger partial charge in [-0.3, -0.25) is 0 Å². The zero-order valence-corrected chi connectivity index (χ0v) is 13.5. The Morgan fingerprint density at radius 2 is 2.04 bits per heavy atom. The number of anilines is 2. The average Bonchev–Trinajstić information content (AvgIpc) is 2.49. The summed E-state index contributed by atoms with van der Waals surface area (Å²) >= 11 is 5.98. The summed E-state index contributed by atoms with van der Waals surface area (Å²) in [4.78, 5) is 18.2. The molecule has 8 heteroatoms. The first-order valence-electron chi connectivity index (χ1n) is 6.37. The lowest BCUT2D eigenvalue weighted by Gasteiger charge is -2.10. The molecule has 2 aromatic carbocycles. The third-order valence-corrected chi connectivity index (χ3v) is 3.43. The van der Waals surface area contributed by atoms with Gasteiger partial charge >= 0.3 is 5.69 Å². The number of rotatable bonds is 3. The minimum Gasteiger partial charge on any atom is -0.497 e. The molecular formula is C15H12Cl2FN3O2. The molecule has 0 unspecified atom stereocenters. The Hall–Kier alpha value is -2.31. The number of H-pyrrole nitrogens is 1. The number of ether oxygens (including phenoxy) is 1. The van der Waals surface area contributed by atoms with Gasteiger partial charge in [0.2, 0.25) is 0 Å². The van der Waals surface area contributed by atoms with E-state index in [2.05, 4.69) is 15.3 Å². The van der Waals surface area contributed by atoms with Crippen molar-refractivity contribution in [1.29, 1.82) is 0 Å². The molecule has 0 bridgehead atoms. The molecule has 0 saturated carbocycles. The highest BCUT2D eigenvalue weighted by atomic mass is 35.5. The van der Waals surface area contributed by atoms with Gasteiger partial charge in [0.1, 0.15) is 17.4 Å². The van der Waals surface area contributed by atoms with Crippen LogP contribution in [0.1, 0.15) is 0 Å². The maximum absolute atomic E-state index is 13.1. The number of aromatic nitrogens is 2. The van der Waals surface area contributed by atoms with Crippen LogP contribution in [0.2, 0.25) is 5.02 Å². The highest BCUT2D eigenvalue weighted by Gasteiger charge is 2.09. The average molecular weight is 356 g/mol. The number of nitrogens with one attached hydrogen (secondary N) is 2. The molecule has 0 amide bonds. The molecule has 0 atom stereocenters. The monoisotopic (exact) mass is 355 g/mol. The molecule has 5 nitrogen and oxygen atoms in total.